The summed E-state index contributed by atoms with van der Waals surface area (Å²) < 4.78 is 0. The summed E-state index contributed by atoms with van der Waals surface area (Å²) >= 11 is 0. The average molecular weight is 459 g/mol. The molecule has 0 aliphatic heterocycles. The second kappa shape index (κ2) is 12.2. The number of fused-ring (bicyclic) bond motifs is 2. The van der Waals surface area contributed by atoms with Gasteiger partial charge in [0.05, 0.1) is 0 Å². The lowest BCUT2D eigenvalue weighted by atomic mass is 9.79. The first-order chi connectivity index (χ1) is 16.2. The van der Waals surface area contributed by atoms with Gasteiger partial charge in [-0.2, -0.15) is 0 Å². The van der Waals surface area contributed by atoms with Crippen LogP contribution in [0.25, 0.3) is 21.5 Å². The van der Waals surface area contributed by atoms with Gasteiger partial charge in [-0.15, -0.1) is 0 Å². The van der Waals surface area contributed by atoms with Gasteiger partial charge in [-0.05, 0) is 131 Å². The van der Waals surface area contributed by atoms with E-state index in [0.29, 0.717) is 0 Å². The molecule has 3 aromatic rings. The van der Waals surface area contributed by atoms with Gasteiger partial charge in [0.2, 0.25) is 0 Å². The van der Waals surface area contributed by atoms with Crippen LogP contribution in [0.5, 0.6) is 0 Å². The minimum absolute atomic E-state index is 0.730. The summed E-state index contributed by atoms with van der Waals surface area (Å²) in [6.07, 6.45) is 9.99. The minimum atomic E-state index is 0.730. The Bertz CT molecular complexity index is 979. The predicted molar refractivity (Wildman–Crippen MR) is 154 cm³/mol. The van der Waals surface area contributed by atoms with Crippen LogP contribution in [0.4, 0.5) is 0 Å². The molecule has 0 radical (unpaired) electrons. The highest BCUT2D eigenvalue weighted by Gasteiger charge is 2.21. The van der Waals surface area contributed by atoms with Crippen molar-refractivity contribution in [2.45, 2.75) is 107 Å². The highest BCUT2D eigenvalue weighted by atomic mass is 14.3. The van der Waals surface area contributed by atoms with E-state index < -0.39 is 0 Å². The van der Waals surface area contributed by atoms with Crippen LogP contribution in [0, 0.1) is 23.7 Å². The van der Waals surface area contributed by atoms with Crippen molar-refractivity contribution in [2.75, 3.05) is 0 Å². The van der Waals surface area contributed by atoms with Crippen LogP contribution in [-0.4, -0.2) is 0 Å². The van der Waals surface area contributed by atoms with E-state index >= 15 is 0 Å². The lowest BCUT2D eigenvalue weighted by molar-refractivity contribution is 0.556. The van der Waals surface area contributed by atoms with Gasteiger partial charge in [0.1, 0.15) is 0 Å². The molecule has 0 atom stereocenters. The van der Waals surface area contributed by atoms with Gasteiger partial charge in [0, 0.05) is 0 Å². The van der Waals surface area contributed by atoms with E-state index in [1.807, 2.05) is 0 Å². The molecular formula is C34H50. The van der Waals surface area contributed by atoms with E-state index in [9.17, 15) is 0 Å². The van der Waals surface area contributed by atoms with E-state index in [2.05, 4.69) is 91.8 Å². The van der Waals surface area contributed by atoms with Crippen LogP contribution in [0.15, 0.2) is 36.4 Å². The molecule has 3 aromatic carbocycles. The molecule has 0 heterocycles. The van der Waals surface area contributed by atoms with Gasteiger partial charge in [-0.3, -0.25) is 0 Å². The summed E-state index contributed by atoms with van der Waals surface area (Å²) in [4.78, 5) is 0. The van der Waals surface area contributed by atoms with Gasteiger partial charge in [0.15, 0.2) is 0 Å². The molecule has 0 aromatic heterocycles. The fraction of sp³-hybridized carbons (Fsp3) is 0.588. The molecule has 0 saturated carbocycles. The highest BCUT2D eigenvalue weighted by Crippen LogP contribution is 2.38. The van der Waals surface area contributed by atoms with Crippen molar-refractivity contribution in [2.24, 2.45) is 23.7 Å². The molecule has 0 spiro atoms. The number of aryl methyl sites for hydroxylation is 2. The fourth-order valence-corrected chi connectivity index (χ4v) is 5.34. The Morgan fingerprint density at radius 3 is 1.03 bits per heavy atom. The molecule has 0 nitrogen and oxygen atoms in total. The predicted octanol–water partition coefficient (Wildman–Crippen LogP) is 10.3. The van der Waals surface area contributed by atoms with Gasteiger partial charge in [-0.25, -0.2) is 0 Å². The van der Waals surface area contributed by atoms with Crippen LogP contribution in [0.1, 0.15) is 103 Å². The number of hydrogen-bond acceptors (Lipinski definition) is 0. The summed E-state index contributed by atoms with van der Waals surface area (Å²) in [7, 11) is 0. The number of hydrogen-bond donors (Lipinski definition) is 0. The molecule has 0 saturated heterocycles. The van der Waals surface area contributed by atoms with Crippen LogP contribution in [0.2, 0.25) is 0 Å². The Hall–Kier alpha value is -1.82. The third kappa shape index (κ3) is 6.87. The summed E-state index contributed by atoms with van der Waals surface area (Å²) in [6, 6.07) is 14.1. The largest absolute Gasteiger partial charge is 0.0628 e. The van der Waals surface area contributed by atoms with Crippen molar-refractivity contribution in [3.8, 4) is 0 Å². The maximum Gasteiger partial charge on any atom is -0.0140 e. The molecule has 3 rings (SSSR count). The molecule has 34 heavy (non-hydrogen) atoms. The normalized spacial score (nSPS) is 12.4. The van der Waals surface area contributed by atoms with Gasteiger partial charge in [-0.1, -0.05) is 79.7 Å². The SMILES string of the molecule is CC(C)CCc1c(CCC(C)C)c(CCC(C)C)c2cc3ccccc3cc2c1CCC(C)C. The summed E-state index contributed by atoms with van der Waals surface area (Å²) in [5.74, 6) is 2.94. The minimum Gasteiger partial charge on any atom is -0.0628 e. The van der Waals surface area contributed by atoms with E-state index in [1.54, 1.807) is 33.0 Å². The Kier molecular flexibility index (Phi) is 9.64. The second-order valence-electron chi connectivity index (χ2n) is 12.4. The van der Waals surface area contributed by atoms with Crippen LogP contribution >= 0.6 is 0 Å². The first kappa shape index (κ1) is 26.8. The quantitative estimate of drug-likeness (QED) is 0.237. The zero-order chi connectivity index (χ0) is 24.8. The number of rotatable bonds is 12. The molecule has 0 heteroatoms. The topological polar surface area (TPSA) is 0 Å². The Labute approximate surface area is 210 Å². The highest BCUT2D eigenvalue weighted by molar-refractivity contribution is 6.02. The monoisotopic (exact) mass is 458 g/mol. The molecule has 0 fully saturated rings. The number of benzene rings is 3. The average Bonchev–Trinajstić information content (AvgIpc) is 2.77. The standard InChI is InChI=1S/C34H50/c1-23(2)13-17-29-30(18-14-24(3)4)32(20-16-26(7)8)34-22-28-12-10-9-11-27(28)21-33(34)31(29)19-15-25(5)6/h9-12,21-26H,13-20H2,1-8H3. The summed E-state index contributed by atoms with van der Waals surface area (Å²) in [6.45, 7) is 19.0. The molecule has 0 aliphatic carbocycles. The smallest absolute Gasteiger partial charge is 0.0140 e. The van der Waals surface area contributed by atoms with Crippen molar-refractivity contribution < 1.29 is 0 Å². The fourth-order valence-electron chi connectivity index (χ4n) is 5.34. The second-order valence-corrected chi connectivity index (χ2v) is 12.4. The molecular weight excluding hydrogens is 408 g/mol. The van der Waals surface area contributed by atoms with Gasteiger partial charge in [0.25, 0.3) is 0 Å². The van der Waals surface area contributed by atoms with Crippen LogP contribution in [-0.2, 0) is 25.7 Å². The molecule has 0 N–H and O–H groups in total. The van der Waals surface area contributed by atoms with Crippen molar-refractivity contribution in [3.63, 3.8) is 0 Å². The van der Waals surface area contributed by atoms with Gasteiger partial charge >= 0.3 is 0 Å². The summed E-state index contributed by atoms with van der Waals surface area (Å²) in [5.41, 5.74) is 6.78. The zero-order valence-corrected chi connectivity index (χ0v) is 23.4. The van der Waals surface area contributed by atoms with E-state index in [1.165, 1.54) is 62.1 Å². The Morgan fingerprint density at radius 2 is 0.735 bits per heavy atom. The molecule has 0 amide bonds. The molecule has 0 bridgehead atoms. The first-order valence-corrected chi connectivity index (χ1v) is 14.1. The van der Waals surface area contributed by atoms with E-state index in [4.69, 9.17) is 0 Å². The van der Waals surface area contributed by atoms with Crippen molar-refractivity contribution in [1.29, 1.82) is 0 Å². The van der Waals surface area contributed by atoms with Crippen molar-refractivity contribution >= 4 is 21.5 Å². The maximum absolute atomic E-state index is 2.53. The van der Waals surface area contributed by atoms with Crippen molar-refractivity contribution in [1.82, 2.24) is 0 Å². The molecule has 186 valence electrons. The zero-order valence-electron chi connectivity index (χ0n) is 23.4. The van der Waals surface area contributed by atoms with Crippen molar-refractivity contribution in [3.05, 3.63) is 58.7 Å². The lowest BCUT2D eigenvalue weighted by Gasteiger charge is -2.25. The van der Waals surface area contributed by atoms with Crippen LogP contribution < -0.4 is 0 Å². The maximum atomic E-state index is 2.53. The molecule has 0 aliphatic rings. The Balaban J connectivity index is 2.35. The van der Waals surface area contributed by atoms with Gasteiger partial charge < -0.3 is 0 Å². The lowest BCUT2D eigenvalue weighted by Crippen LogP contribution is -2.11. The van der Waals surface area contributed by atoms with Crippen LogP contribution in [0.3, 0.4) is 0 Å². The third-order valence-corrected chi connectivity index (χ3v) is 7.52. The first-order valence-electron chi connectivity index (χ1n) is 14.1. The summed E-state index contributed by atoms with van der Waals surface area (Å²) in [5, 5.41) is 5.87. The van der Waals surface area contributed by atoms with E-state index in [0.717, 1.165) is 23.7 Å². The third-order valence-electron chi connectivity index (χ3n) is 7.52. The molecule has 0 unspecified atom stereocenters. The van der Waals surface area contributed by atoms with E-state index in [-0.39, 0.29) is 0 Å². The Morgan fingerprint density at radius 1 is 0.441 bits per heavy atom.